The number of carbonyl (C=O) groups is 3. The summed E-state index contributed by atoms with van der Waals surface area (Å²) >= 11 is 0. The number of alkyl carbamates (subject to hydrolysis) is 1. The fraction of sp³-hybridized carbons (Fsp3) is 0.423. The van der Waals surface area contributed by atoms with Crippen molar-refractivity contribution in [2.75, 3.05) is 26.9 Å². The number of ether oxygens (including phenoxy) is 2. The van der Waals surface area contributed by atoms with E-state index in [0.29, 0.717) is 25.8 Å². The zero-order chi connectivity index (χ0) is 24.3. The molecule has 0 spiro atoms. The molecule has 1 saturated heterocycles. The minimum absolute atomic E-state index is 0.0902. The van der Waals surface area contributed by atoms with Gasteiger partial charge in [-0.1, -0.05) is 48.5 Å². The fourth-order valence-electron chi connectivity index (χ4n) is 5.14. The summed E-state index contributed by atoms with van der Waals surface area (Å²) < 4.78 is 10.7. The Bertz CT molecular complexity index is 1040. The van der Waals surface area contributed by atoms with E-state index < -0.39 is 29.6 Å². The standard InChI is InChI=1S/C26H30N2O6/c1-17(23(29)28-14-8-7-13-26(28,16-33-2)24(30)31)27-25(32)34-15-22-20-11-5-3-9-18(20)19-10-4-6-12-21(19)22/h3-6,9-12,17,22H,7-8,13-16H2,1-2H3,(H,27,32)(H,30,31)/t17-,26?/m1/s1. The van der Waals surface area contributed by atoms with Crippen LogP contribution in [0.5, 0.6) is 0 Å². The first-order chi connectivity index (χ1) is 16.4. The normalized spacial score (nSPS) is 20.2. The van der Waals surface area contributed by atoms with Crippen LogP contribution in [-0.2, 0) is 19.1 Å². The number of carboxylic acids is 1. The lowest BCUT2D eigenvalue weighted by atomic mass is 9.86. The van der Waals surface area contributed by atoms with Crippen molar-refractivity contribution in [3.63, 3.8) is 0 Å². The fourth-order valence-corrected chi connectivity index (χ4v) is 5.14. The highest BCUT2D eigenvalue weighted by Gasteiger charge is 2.49. The van der Waals surface area contributed by atoms with E-state index in [4.69, 9.17) is 9.47 Å². The minimum atomic E-state index is -1.43. The predicted octanol–water partition coefficient (Wildman–Crippen LogP) is 3.40. The predicted molar refractivity (Wildman–Crippen MR) is 125 cm³/mol. The molecule has 1 unspecified atom stereocenters. The summed E-state index contributed by atoms with van der Waals surface area (Å²) in [5.74, 6) is -1.66. The number of nitrogens with zero attached hydrogens (tertiary/aromatic N) is 1. The summed E-state index contributed by atoms with van der Waals surface area (Å²) in [6, 6.07) is 15.1. The van der Waals surface area contributed by atoms with E-state index in [1.807, 2.05) is 36.4 Å². The zero-order valence-corrected chi connectivity index (χ0v) is 19.5. The number of methoxy groups -OCH3 is 1. The smallest absolute Gasteiger partial charge is 0.407 e. The highest BCUT2D eigenvalue weighted by molar-refractivity contribution is 5.91. The Hall–Kier alpha value is -3.39. The molecule has 2 aliphatic rings. The third kappa shape index (κ3) is 4.25. The second kappa shape index (κ2) is 9.85. The van der Waals surface area contributed by atoms with Crippen LogP contribution in [0, 0.1) is 0 Å². The molecule has 1 heterocycles. The Labute approximate surface area is 198 Å². The Balaban J connectivity index is 1.42. The third-order valence-corrected chi connectivity index (χ3v) is 6.83. The van der Waals surface area contributed by atoms with Crippen LogP contribution in [-0.4, -0.2) is 66.4 Å². The van der Waals surface area contributed by atoms with E-state index in [0.717, 1.165) is 22.3 Å². The number of amides is 2. The van der Waals surface area contributed by atoms with Gasteiger partial charge < -0.3 is 24.8 Å². The maximum Gasteiger partial charge on any atom is 0.407 e. The molecule has 1 aliphatic heterocycles. The van der Waals surface area contributed by atoms with Gasteiger partial charge in [0.1, 0.15) is 12.6 Å². The van der Waals surface area contributed by atoms with Crippen molar-refractivity contribution in [3.05, 3.63) is 59.7 Å². The zero-order valence-electron chi connectivity index (χ0n) is 19.5. The van der Waals surface area contributed by atoms with Gasteiger partial charge >= 0.3 is 12.1 Å². The number of benzene rings is 2. The molecular formula is C26H30N2O6. The van der Waals surface area contributed by atoms with Crippen molar-refractivity contribution < 1.29 is 29.0 Å². The maximum atomic E-state index is 13.2. The summed E-state index contributed by atoms with van der Waals surface area (Å²) in [6.07, 6.45) is 0.974. The lowest BCUT2D eigenvalue weighted by Crippen LogP contribution is -2.64. The lowest BCUT2D eigenvalue weighted by molar-refractivity contribution is -0.167. The Morgan fingerprint density at radius 1 is 1.09 bits per heavy atom. The van der Waals surface area contributed by atoms with Crippen molar-refractivity contribution in [2.45, 2.75) is 43.7 Å². The van der Waals surface area contributed by atoms with Crippen LogP contribution in [0.3, 0.4) is 0 Å². The van der Waals surface area contributed by atoms with E-state index in [1.165, 1.54) is 18.9 Å². The van der Waals surface area contributed by atoms with Gasteiger partial charge in [-0.3, -0.25) is 4.79 Å². The second-order valence-corrected chi connectivity index (χ2v) is 8.91. The van der Waals surface area contributed by atoms with E-state index in [1.54, 1.807) is 0 Å². The van der Waals surface area contributed by atoms with Crippen molar-refractivity contribution in [1.29, 1.82) is 0 Å². The molecule has 8 nitrogen and oxygen atoms in total. The molecule has 2 N–H and O–H groups in total. The molecule has 0 radical (unpaired) electrons. The van der Waals surface area contributed by atoms with Gasteiger partial charge in [0.25, 0.3) is 0 Å². The van der Waals surface area contributed by atoms with Gasteiger partial charge in [0.2, 0.25) is 5.91 Å². The Morgan fingerprint density at radius 3 is 2.29 bits per heavy atom. The van der Waals surface area contributed by atoms with Crippen LogP contribution in [0.2, 0.25) is 0 Å². The molecule has 8 heteroatoms. The van der Waals surface area contributed by atoms with Crippen LogP contribution in [0.15, 0.2) is 48.5 Å². The molecule has 2 aromatic rings. The Kier molecular flexibility index (Phi) is 6.88. The molecule has 2 aromatic carbocycles. The molecule has 4 rings (SSSR count). The number of hydrogen-bond donors (Lipinski definition) is 2. The summed E-state index contributed by atoms with van der Waals surface area (Å²) in [5.41, 5.74) is 3.02. The van der Waals surface area contributed by atoms with Crippen LogP contribution in [0.4, 0.5) is 4.79 Å². The number of rotatable bonds is 7. The quantitative estimate of drug-likeness (QED) is 0.648. The topological polar surface area (TPSA) is 105 Å². The molecule has 34 heavy (non-hydrogen) atoms. The van der Waals surface area contributed by atoms with Crippen LogP contribution < -0.4 is 5.32 Å². The van der Waals surface area contributed by atoms with Gasteiger partial charge in [0.15, 0.2) is 5.54 Å². The summed E-state index contributed by atoms with van der Waals surface area (Å²) in [5, 5.41) is 12.5. The average molecular weight is 467 g/mol. The van der Waals surface area contributed by atoms with Crippen molar-refractivity contribution >= 4 is 18.0 Å². The van der Waals surface area contributed by atoms with Crippen LogP contribution in [0.25, 0.3) is 11.1 Å². The third-order valence-electron chi connectivity index (χ3n) is 6.83. The van der Waals surface area contributed by atoms with Crippen molar-refractivity contribution in [3.8, 4) is 11.1 Å². The summed E-state index contributed by atoms with van der Waals surface area (Å²) in [6.45, 7) is 1.86. The first kappa shape index (κ1) is 23.8. The van der Waals surface area contributed by atoms with E-state index >= 15 is 0 Å². The molecule has 1 aliphatic carbocycles. The van der Waals surface area contributed by atoms with Crippen molar-refractivity contribution in [2.24, 2.45) is 0 Å². The van der Waals surface area contributed by atoms with Crippen molar-refractivity contribution in [1.82, 2.24) is 10.2 Å². The number of likely N-dealkylation sites (tertiary alicyclic amines) is 1. The monoisotopic (exact) mass is 466 g/mol. The number of aliphatic carboxylic acids is 1. The number of piperidine rings is 1. The van der Waals surface area contributed by atoms with Crippen LogP contribution >= 0.6 is 0 Å². The van der Waals surface area contributed by atoms with Gasteiger partial charge in [0, 0.05) is 19.6 Å². The van der Waals surface area contributed by atoms with Gasteiger partial charge in [-0.15, -0.1) is 0 Å². The molecule has 2 amide bonds. The molecule has 1 fully saturated rings. The Morgan fingerprint density at radius 2 is 1.71 bits per heavy atom. The number of fused-ring (bicyclic) bond motifs is 3. The van der Waals surface area contributed by atoms with Gasteiger partial charge in [-0.25, -0.2) is 9.59 Å². The number of nitrogens with one attached hydrogen (secondary N) is 1. The number of hydrogen-bond acceptors (Lipinski definition) is 5. The molecule has 0 saturated carbocycles. The van der Waals surface area contributed by atoms with Gasteiger partial charge in [0.05, 0.1) is 6.61 Å². The average Bonchev–Trinajstić information content (AvgIpc) is 3.16. The lowest BCUT2D eigenvalue weighted by Gasteiger charge is -2.44. The van der Waals surface area contributed by atoms with Crippen LogP contribution in [0.1, 0.15) is 43.2 Å². The van der Waals surface area contributed by atoms with Gasteiger partial charge in [-0.2, -0.15) is 0 Å². The molecule has 2 atom stereocenters. The van der Waals surface area contributed by atoms with E-state index in [-0.39, 0.29) is 19.1 Å². The first-order valence-electron chi connectivity index (χ1n) is 11.5. The SMILES string of the molecule is COCC1(C(=O)O)CCCCN1C(=O)[C@@H](C)NC(=O)OCC1c2ccccc2-c2ccccc21. The minimum Gasteiger partial charge on any atom is -0.479 e. The largest absolute Gasteiger partial charge is 0.479 e. The summed E-state index contributed by atoms with van der Waals surface area (Å²) in [7, 11) is 1.42. The van der Waals surface area contributed by atoms with Gasteiger partial charge in [-0.05, 0) is 48.4 Å². The number of carbonyl (C=O) groups excluding carboxylic acids is 2. The summed E-state index contributed by atoms with van der Waals surface area (Å²) in [4.78, 5) is 39.2. The van der Waals surface area contributed by atoms with E-state index in [2.05, 4.69) is 17.4 Å². The highest BCUT2D eigenvalue weighted by atomic mass is 16.5. The van der Waals surface area contributed by atoms with E-state index in [9.17, 15) is 19.5 Å². The number of carboxylic acid groups (broad SMARTS) is 1. The molecule has 180 valence electrons. The molecule has 0 bridgehead atoms. The molecular weight excluding hydrogens is 436 g/mol. The highest BCUT2D eigenvalue weighted by Crippen LogP contribution is 2.44. The first-order valence-corrected chi connectivity index (χ1v) is 11.5. The maximum absolute atomic E-state index is 13.2. The second-order valence-electron chi connectivity index (χ2n) is 8.91. The molecule has 0 aromatic heterocycles.